The lowest BCUT2D eigenvalue weighted by Gasteiger charge is -2.47. The van der Waals surface area contributed by atoms with Gasteiger partial charge in [-0.05, 0) is 101 Å². The number of ether oxygens (including phenoxy) is 6. The van der Waals surface area contributed by atoms with Gasteiger partial charge in [-0.25, -0.2) is 9.59 Å². The monoisotopic (exact) mass is 904 g/mol. The van der Waals surface area contributed by atoms with Crippen LogP contribution < -0.4 is 0 Å². The molecular formula is C49H77NO14. The van der Waals surface area contributed by atoms with Crippen LogP contribution in [0, 0.1) is 35.5 Å². The fourth-order valence-electron chi connectivity index (χ4n) is 9.85. The van der Waals surface area contributed by atoms with Crippen molar-refractivity contribution in [2.45, 2.75) is 174 Å². The highest BCUT2D eigenvalue weighted by atomic mass is 16.7. The van der Waals surface area contributed by atoms with E-state index in [1.807, 2.05) is 39.8 Å². The second-order valence-electron chi connectivity index (χ2n) is 19.4. The van der Waals surface area contributed by atoms with Crippen LogP contribution in [0.15, 0.2) is 35.5 Å². The van der Waals surface area contributed by atoms with Gasteiger partial charge < -0.3 is 48.6 Å². The first-order valence-corrected chi connectivity index (χ1v) is 23.4. The summed E-state index contributed by atoms with van der Waals surface area (Å²) in [5.74, 6) is -8.76. The van der Waals surface area contributed by atoms with E-state index < -0.39 is 95.9 Å². The van der Waals surface area contributed by atoms with Crippen LogP contribution in [0.2, 0.25) is 0 Å². The minimum absolute atomic E-state index is 0.0510. The molecule has 4 aliphatic rings. The molecular weight excluding hydrogens is 827 g/mol. The van der Waals surface area contributed by atoms with Crippen LogP contribution >= 0.6 is 0 Å². The molecule has 3 aliphatic heterocycles. The zero-order valence-corrected chi connectivity index (χ0v) is 39.9. The van der Waals surface area contributed by atoms with Crippen LogP contribution in [0.1, 0.15) is 119 Å². The number of methoxy groups -OCH3 is 3. The molecule has 3 fully saturated rings. The van der Waals surface area contributed by atoms with E-state index in [0.29, 0.717) is 50.5 Å². The number of piperidine rings is 1. The van der Waals surface area contributed by atoms with Gasteiger partial charge in [0, 0.05) is 58.1 Å². The van der Waals surface area contributed by atoms with Gasteiger partial charge in [-0.1, -0.05) is 58.4 Å². The van der Waals surface area contributed by atoms with Crippen molar-refractivity contribution >= 4 is 29.4 Å². The highest BCUT2D eigenvalue weighted by Gasteiger charge is 2.56. The Bertz CT molecular complexity index is 1690. The van der Waals surface area contributed by atoms with E-state index in [0.717, 1.165) is 10.5 Å². The third-order valence-corrected chi connectivity index (χ3v) is 13.7. The molecule has 1 aliphatic carbocycles. The molecule has 15 nitrogen and oxygen atoms in total. The number of carbonyl (C=O) groups excluding carboxylic acids is 5. The zero-order chi connectivity index (χ0) is 47.5. The van der Waals surface area contributed by atoms with E-state index in [4.69, 9.17) is 28.4 Å². The van der Waals surface area contributed by atoms with Gasteiger partial charge in [0.15, 0.2) is 0 Å². The van der Waals surface area contributed by atoms with Gasteiger partial charge in [-0.3, -0.25) is 14.4 Å². The third-order valence-electron chi connectivity index (χ3n) is 13.7. The number of nitrogens with zero attached hydrogens (tertiary/aromatic N) is 1. The Morgan fingerprint density at radius 2 is 1.59 bits per heavy atom. The number of fused-ring (bicyclic) bond motifs is 3. The Labute approximate surface area is 380 Å². The lowest BCUT2D eigenvalue weighted by atomic mass is 9.81. The van der Waals surface area contributed by atoms with Gasteiger partial charge in [-0.2, -0.15) is 0 Å². The van der Waals surface area contributed by atoms with E-state index in [1.54, 1.807) is 34.0 Å². The minimum atomic E-state index is -2.55. The summed E-state index contributed by atoms with van der Waals surface area (Å²) in [5.41, 5.74) is 1.49. The van der Waals surface area contributed by atoms with Crippen molar-refractivity contribution in [1.29, 1.82) is 0 Å². The number of amides is 1. The molecule has 2 saturated heterocycles. The lowest BCUT2D eigenvalue weighted by Crippen LogP contribution is -2.64. The predicted octanol–water partition coefficient (Wildman–Crippen LogP) is 5.21. The largest absolute Gasteiger partial charge is 0.462 e. The predicted molar refractivity (Wildman–Crippen MR) is 237 cm³/mol. The van der Waals surface area contributed by atoms with Crippen LogP contribution in [-0.4, -0.2) is 139 Å². The summed E-state index contributed by atoms with van der Waals surface area (Å²) in [5, 5.41) is 34.5. The second-order valence-corrected chi connectivity index (χ2v) is 19.4. The zero-order valence-electron chi connectivity index (χ0n) is 39.9. The summed E-state index contributed by atoms with van der Waals surface area (Å²) >= 11 is 0. The SMILES string of the molecule is CO[C@H]1C[C@@H](C)C/C(C)=C/[C@@H](C/C=C/C(=O)OCC(C)C)C(=O)C[C@H](O)[C@@H](C)[C@@H](/C(C)=C/[C@@H]2CC[C@@H](O)[C@H](OC)C2)OC(=O)[C@@H]2CCCCN2C(=O)C(=O)[C@]2(O)O[C@H]1[C@@H](OC)C[C@H]2C. The molecule has 1 saturated carbocycles. The molecule has 0 spiro atoms. The molecule has 362 valence electrons. The number of carbonyl (C=O) groups is 5. The minimum Gasteiger partial charge on any atom is -0.462 e. The van der Waals surface area contributed by atoms with Gasteiger partial charge in [0.25, 0.3) is 11.7 Å². The van der Waals surface area contributed by atoms with Crippen molar-refractivity contribution in [3.8, 4) is 0 Å². The molecule has 3 heterocycles. The van der Waals surface area contributed by atoms with Gasteiger partial charge in [0.1, 0.15) is 24.0 Å². The van der Waals surface area contributed by atoms with E-state index in [9.17, 15) is 39.3 Å². The van der Waals surface area contributed by atoms with Gasteiger partial charge in [0.2, 0.25) is 5.79 Å². The fourth-order valence-corrected chi connectivity index (χ4v) is 9.85. The second kappa shape index (κ2) is 24.5. The Hall–Kier alpha value is -3.31. The summed E-state index contributed by atoms with van der Waals surface area (Å²) < 4.78 is 35.2. The highest BCUT2D eigenvalue weighted by molar-refractivity contribution is 6.39. The van der Waals surface area contributed by atoms with Crippen molar-refractivity contribution in [3.05, 3.63) is 35.5 Å². The smallest absolute Gasteiger partial charge is 0.330 e. The molecule has 0 unspecified atom stereocenters. The number of aliphatic hydroxyl groups is 3. The van der Waals surface area contributed by atoms with Crippen LogP contribution in [-0.2, 0) is 52.4 Å². The number of rotatable bonds is 10. The topological polar surface area (TPSA) is 205 Å². The lowest BCUT2D eigenvalue weighted by molar-refractivity contribution is -0.302. The van der Waals surface area contributed by atoms with Crippen molar-refractivity contribution in [2.24, 2.45) is 35.5 Å². The molecule has 1 amide bonds. The van der Waals surface area contributed by atoms with Crippen LogP contribution in [0.3, 0.4) is 0 Å². The summed E-state index contributed by atoms with van der Waals surface area (Å²) in [6, 6.07) is -1.18. The van der Waals surface area contributed by atoms with E-state index in [2.05, 4.69) is 0 Å². The van der Waals surface area contributed by atoms with E-state index >= 15 is 0 Å². The van der Waals surface area contributed by atoms with Crippen LogP contribution in [0.4, 0.5) is 0 Å². The molecule has 4 rings (SSSR count). The maximum atomic E-state index is 14.4. The maximum Gasteiger partial charge on any atom is 0.330 e. The highest BCUT2D eigenvalue weighted by Crippen LogP contribution is 2.39. The van der Waals surface area contributed by atoms with Crippen molar-refractivity contribution in [3.63, 3.8) is 0 Å². The Balaban J connectivity index is 1.79. The number of hydrogen-bond acceptors (Lipinski definition) is 14. The molecule has 0 radical (unpaired) electrons. The van der Waals surface area contributed by atoms with Crippen molar-refractivity contribution in [2.75, 3.05) is 34.5 Å². The number of esters is 2. The molecule has 0 aromatic carbocycles. The van der Waals surface area contributed by atoms with Crippen LogP contribution in [0.5, 0.6) is 0 Å². The normalized spacial score (nSPS) is 38.0. The van der Waals surface area contributed by atoms with Gasteiger partial charge in [0.05, 0.1) is 37.1 Å². The molecule has 2 bridgehead atoms. The first kappa shape index (κ1) is 53.3. The number of Topliss-reactive ketones (excluding diaryl/α,β-unsaturated/α-hetero) is 2. The Morgan fingerprint density at radius 1 is 0.922 bits per heavy atom. The summed E-state index contributed by atoms with van der Waals surface area (Å²) in [6.45, 7) is 13.2. The molecule has 14 atom stereocenters. The molecule has 0 aromatic heterocycles. The summed E-state index contributed by atoms with van der Waals surface area (Å²) in [7, 11) is 4.56. The Kier molecular flexibility index (Phi) is 20.4. The summed E-state index contributed by atoms with van der Waals surface area (Å²) in [4.78, 5) is 71.0. The van der Waals surface area contributed by atoms with Gasteiger partial charge in [-0.15, -0.1) is 0 Å². The quantitative estimate of drug-likeness (QED) is 0.112. The summed E-state index contributed by atoms with van der Waals surface area (Å²) in [6.07, 6.45) is 5.07. The molecule has 0 aromatic rings. The number of hydrogen-bond donors (Lipinski definition) is 3. The first-order valence-electron chi connectivity index (χ1n) is 23.4. The van der Waals surface area contributed by atoms with Crippen molar-refractivity contribution < 1.29 is 67.7 Å². The van der Waals surface area contributed by atoms with E-state index in [1.165, 1.54) is 20.3 Å². The maximum absolute atomic E-state index is 14.4. The molecule has 64 heavy (non-hydrogen) atoms. The average Bonchev–Trinajstić information content (AvgIpc) is 3.26. The van der Waals surface area contributed by atoms with E-state index in [-0.39, 0.29) is 62.4 Å². The average molecular weight is 904 g/mol. The first-order chi connectivity index (χ1) is 30.2. The van der Waals surface area contributed by atoms with Crippen molar-refractivity contribution in [1.82, 2.24) is 4.90 Å². The number of cyclic esters (lactones) is 1. The Morgan fingerprint density at radius 3 is 2.25 bits per heavy atom. The number of aliphatic hydroxyl groups excluding tert-OH is 2. The molecule has 15 heteroatoms. The molecule has 3 N–H and O–H groups in total. The number of allylic oxidation sites excluding steroid dienone is 4. The standard InChI is InChI=1S/C49H77NO14/c1-28(2)27-62-43(54)16-13-14-35-21-29(3)20-30(4)22-41(60-9)45-42(61-10)24-32(6)49(58,64-45)46(55)47(56)50-19-12-11-15-36(50)48(57)63-44(33(7)38(52)26-39(35)53)31(5)23-34-17-18-37(51)40(25-34)59-8/h13,16,21,23,28,30,32-38,40-42,44-45,51-52,58H,11-12,14-15,17-20,22,24-27H2,1-10H3/b16-13+,29-21+,31-23+/t30-,32+,33+,34-,35+,36-,37+,38-,40+,41-,42-,44+,45+,49+/m0/s1. The van der Waals surface area contributed by atoms with Gasteiger partial charge >= 0.3 is 11.9 Å². The fraction of sp³-hybridized carbons (Fsp3) is 0.776. The number of ketones is 2. The third kappa shape index (κ3) is 13.9. The van der Waals surface area contributed by atoms with Crippen LogP contribution in [0.25, 0.3) is 0 Å².